The molecule has 0 bridgehead atoms. The summed E-state index contributed by atoms with van der Waals surface area (Å²) in [7, 11) is 1.91. The van der Waals surface area contributed by atoms with Gasteiger partial charge >= 0.3 is 0 Å². The van der Waals surface area contributed by atoms with Gasteiger partial charge in [-0.1, -0.05) is 5.16 Å². The van der Waals surface area contributed by atoms with Gasteiger partial charge in [-0.25, -0.2) is 0 Å². The van der Waals surface area contributed by atoms with Crippen molar-refractivity contribution < 1.29 is 9.26 Å². The molecule has 3 rings (SSSR count). The summed E-state index contributed by atoms with van der Waals surface area (Å²) in [6.07, 6.45) is 4.49. The maximum atomic E-state index is 5.90. The van der Waals surface area contributed by atoms with Gasteiger partial charge in [0.15, 0.2) is 11.8 Å². The first kappa shape index (κ1) is 20.6. The van der Waals surface area contributed by atoms with Crippen LogP contribution in [0.5, 0.6) is 0 Å². The molecule has 1 aliphatic heterocycles. The van der Waals surface area contributed by atoms with Crippen molar-refractivity contribution in [1.29, 1.82) is 0 Å². The number of halogens is 1. The van der Waals surface area contributed by atoms with Crippen LogP contribution in [0.25, 0.3) is 0 Å². The summed E-state index contributed by atoms with van der Waals surface area (Å²) in [5.41, 5.74) is 1.09. The van der Waals surface area contributed by atoms with Gasteiger partial charge < -0.3 is 19.5 Å². The summed E-state index contributed by atoms with van der Waals surface area (Å²) in [5.74, 6) is 2.15. The van der Waals surface area contributed by atoms with Crippen LogP contribution in [0.15, 0.2) is 21.9 Å². The first-order valence-corrected chi connectivity index (χ1v) is 8.58. The topological polar surface area (TPSA) is 93.6 Å². The second-order valence-electron chi connectivity index (χ2n) is 5.97. The van der Waals surface area contributed by atoms with Gasteiger partial charge in [-0.15, -0.1) is 24.0 Å². The van der Waals surface area contributed by atoms with E-state index in [0.29, 0.717) is 31.3 Å². The minimum absolute atomic E-state index is 0. The molecular formula is C16H26IN7O2. The van der Waals surface area contributed by atoms with Crippen LogP contribution in [-0.2, 0) is 18.2 Å². The lowest BCUT2D eigenvalue weighted by molar-refractivity contribution is -0.00804. The van der Waals surface area contributed by atoms with E-state index >= 15 is 0 Å². The quantitative estimate of drug-likeness (QED) is 0.396. The van der Waals surface area contributed by atoms with E-state index < -0.39 is 0 Å². The molecule has 0 aromatic carbocycles. The molecule has 0 saturated carbocycles. The van der Waals surface area contributed by atoms with Gasteiger partial charge in [0.25, 0.3) is 0 Å². The molecule has 1 N–H and O–H groups in total. The highest BCUT2D eigenvalue weighted by atomic mass is 127. The molecule has 2 aromatic rings. The SMILES string of the molecule is CCNC(=NCCc1nc(C)no1)N1CCOC(c2cnn(C)c2)C1.I. The van der Waals surface area contributed by atoms with Gasteiger partial charge in [0.05, 0.1) is 25.9 Å². The van der Waals surface area contributed by atoms with Crippen molar-refractivity contribution in [3.63, 3.8) is 0 Å². The zero-order valence-corrected chi connectivity index (χ0v) is 17.7. The number of guanidine groups is 1. The fraction of sp³-hybridized carbons (Fsp3) is 0.625. The lowest BCUT2D eigenvalue weighted by Crippen LogP contribution is -2.48. The van der Waals surface area contributed by atoms with E-state index in [0.717, 1.165) is 31.2 Å². The number of nitrogens with zero attached hydrogens (tertiary/aromatic N) is 6. The molecular weight excluding hydrogens is 449 g/mol. The van der Waals surface area contributed by atoms with E-state index in [-0.39, 0.29) is 30.1 Å². The molecule has 0 spiro atoms. The lowest BCUT2D eigenvalue weighted by Gasteiger charge is -2.34. The fourth-order valence-electron chi connectivity index (χ4n) is 2.77. The molecule has 0 amide bonds. The summed E-state index contributed by atoms with van der Waals surface area (Å²) in [4.78, 5) is 11.1. The predicted octanol–water partition coefficient (Wildman–Crippen LogP) is 1.31. The third-order valence-corrected chi connectivity index (χ3v) is 3.95. The number of nitrogens with one attached hydrogen (secondary N) is 1. The minimum atomic E-state index is 0. The number of hydrogen-bond donors (Lipinski definition) is 1. The van der Waals surface area contributed by atoms with Gasteiger partial charge in [-0.2, -0.15) is 10.1 Å². The molecule has 1 atom stereocenters. The number of aliphatic imine (C=N–C) groups is 1. The Morgan fingerprint density at radius 2 is 2.31 bits per heavy atom. The van der Waals surface area contributed by atoms with E-state index in [1.165, 1.54) is 0 Å². The molecule has 1 aliphatic rings. The van der Waals surface area contributed by atoms with E-state index in [1.54, 1.807) is 4.68 Å². The third kappa shape index (κ3) is 5.40. The summed E-state index contributed by atoms with van der Waals surface area (Å²) in [6.45, 7) is 7.50. The Hall–Kier alpha value is -1.69. The lowest BCUT2D eigenvalue weighted by atomic mass is 10.1. The van der Waals surface area contributed by atoms with Crippen molar-refractivity contribution in [3.05, 3.63) is 29.7 Å². The highest BCUT2D eigenvalue weighted by Gasteiger charge is 2.25. The van der Waals surface area contributed by atoms with Crippen molar-refractivity contribution in [2.45, 2.75) is 26.4 Å². The molecule has 144 valence electrons. The van der Waals surface area contributed by atoms with Crippen molar-refractivity contribution in [2.24, 2.45) is 12.0 Å². The largest absolute Gasteiger partial charge is 0.370 e. The Morgan fingerprint density at radius 1 is 1.46 bits per heavy atom. The molecule has 2 aromatic heterocycles. The zero-order chi connectivity index (χ0) is 17.6. The molecule has 26 heavy (non-hydrogen) atoms. The fourth-order valence-corrected chi connectivity index (χ4v) is 2.77. The van der Waals surface area contributed by atoms with Gasteiger partial charge in [0.1, 0.15) is 6.10 Å². The Morgan fingerprint density at radius 3 is 2.96 bits per heavy atom. The van der Waals surface area contributed by atoms with Crippen LogP contribution < -0.4 is 5.32 Å². The van der Waals surface area contributed by atoms with Gasteiger partial charge in [-0.3, -0.25) is 9.67 Å². The molecule has 3 heterocycles. The smallest absolute Gasteiger partial charge is 0.228 e. The van der Waals surface area contributed by atoms with E-state index in [9.17, 15) is 0 Å². The van der Waals surface area contributed by atoms with E-state index in [4.69, 9.17) is 14.3 Å². The summed E-state index contributed by atoms with van der Waals surface area (Å²) >= 11 is 0. The Labute approximate surface area is 170 Å². The summed E-state index contributed by atoms with van der Waals surface area (Å²) in [6, 6.07) is 0. The maximum Gasteiger partial charge on any atom is 0.228 e. The molecule has 1 unspecified atom stereocenters. The van der Waals surface area contributed by atoms with Gasteiger partial charge in [0.2, 0.25) is 5.89 Å². The summed E-state index contributed by atoms with van der Waals surface area (Å²) < 4.78 is 12.8. The van der Waals surface area contributed by atoms with Crippen LogP contribution in [0.3, 0.4) is 0 Å². The van der Waals surface area contributed by atoms with Gasteiger partial charge in [-0.05, 0) is 13.8 Å². The van der Waals surface area contributed by atoms with Crippen LogP contribution >= 0.6 is 24.0 Å². The van der Waals surface area contributed by atoms with Crippen LogP contribution in [0, 0.1) is 6.92 Å². The molecule has 1 fully saturated rings. The number of morpholine rings is 1. The van der Waals surface area contributed by atoms with Crippen LogP contribution in [0.2, 0.25) is 0 Å². The van der Waals surface area contributed by atoms with Crippen LogP contribution in [0.4, 0.5) is 0 Å². The number of hydrogen-bond acceptors (Lipinski definition) is 6. The number of ether oxygens (including phenoxy) is 1. The average Bonchev–Trinajstić information content (AvgIpc) is 3.23. The Kier molecular flexibility index (Phi) is 7.82. The Bertz CT molecular complexity index is 715. The zero-order valence-electron chi connectivity index (χ0n) is 15.4. The predicted molar refractivity (Wildman–Crippen MR) is 108 cm³/mol. The molecule has 9 nitrogen and oxygen atoms in total. The second-order valence-corrected chi connectivity index (χ2v) is 5.97. The van der Waals surface area contributed by atoms with Crippen LogP contribution in [0.1, 0.15) is 30.3 Å². The van der Waals surface area contributed by atoms with E-state index in [1.807, 2.05) is 26.4 Å². The number of rotatable bonds is 5. The third-order valence-electron chi connectivity index (χ3n) is 3.95. The first-order chi connectivity index (χ1) is 12.2. The molecule has 1 saturated heterocycles. The standard InChI is InChI=1S/C16H25N7O2.HI/c1-4-17-16(18-6-5-15-20-12(2)21-25-15)23-7-8-24-14(11-23)13-9-19-22(3)10-13;/h9-10,14H,4-8,11H2,1-3H3,(H,17,18);1H. The maximum absolute atomic E-state index is 5.90. The second kappa shape index (κ2) is 9.86. The first-order valence-electron chi connectivity index (χ1n) is 8.58. The van der Waals surface area contributed by atoms with Crippen LogP contribution in [-0.4, -0.2) is 63.6 Å². The minimum Gasteiger partial charge on any atom is -0.370 e. The highest BCUT2D eigenvalue weighted by Crippen LogP contribution is 2.21. The number of aryl methyl sites for hydroxylation is 2. The normalized spacial score (nSPS) is 17.9. The average molecular weight is 475 g/mol. The Balaban J connectivity index is 0.00000243. The number of aromatic nitrogens is 4. The highest BCUT2D eigenvalue weighted by molar-refractivity contribution is 14.0. The van der Waals surface area contributed by atoms with Gasteiger partial charge in [0, 0.05) is 38.3 Å². The van der Waals surface area contributed by atoms with Crippen molar-refractivity contribution in [2.75, 3.05) is 32.8 Å². The molecule has 0 radical (unpaired) electrons. The molecule has 0 aliphatic carbocycles. The van der Waals surface area contributed by atoms with Crippen molar-refractivity contribution in [3.8, 4) is 0 Å². The molecule has 10 heteroatoms. The summed E-state index contributed by atoms with van der Waals surface area (Å²) in [5, 5.41) is 11.4. The van der Waals surface area contributed by atoms with Crippen molar-refractivity contribution >= 4 is 29.9 Å². The monoisotopic (exact) mass is 475 g/mol. The van der Waals surface area contributed by atoms with Crippen molar-refractivity contribution in [1.82, 2.24) is 30.1 Å². The van der Waals surface area contributed by atoms with E-state index in [2.05, 4.69) is 32.4 Å².